The van der Waals surface area contributed by atoms with Crippen LogP contribution in [0.2, 0.25) is 0 Å². The van der Waals surface area contributed by atoms with Crippen LogP contribution in [0.4, 0.5) is 51.2 Å². The van der Waals surface area contributed by atoms with Gasteiger partial charge in [-0.25, -0.2) is 0 Å². The molecule has 0 aromatic heterocycles. The van der Waals surface area contributed by atoms with Crippen molar-refractivity contribution < 1.29 is 4.11 Å². The lowest BCUT2D eigenvalue weighted by molar-refractivity contribution is 0.332. The van der Waals surface area contributed by atoms with Crippen LogP contribution in [0.25, 0.3) is 11.1 Å². The molecule has 0 amide bonds. The Morgan fingerprint density at radius 3 is 1.56 bits per heavy atom. The minimum Gasteiger partial charge on any atom is -0.311 e. The predicted molar refractivity (Wildman–Crippen MR) is 301 cm³/mol. The van der Waals surface area contributed by atoms with Gasteiger partial charge in [-0.3, -0.25) is 0 Å². The summed E-state index contributed by atoms with van der Waals surface area (Å²) in [5, 5.41) is 0. The first kappa shape index (κ1) is 41.0. The van der Waals surface area contributed by atoms with Crippen molar-refractivity contribution in [2.75, 3.05) is 14.7 Å². The second-order valence-electron chi connectivity index (χ2n) is 23.5. The number of fused-ring (bicyclic) bond motifs is 6. The Morgan fingerprint density at radius 2 is 0.943 bits per heavy atom. The summed E-state index contributed by atoms with van der Waals surface area (Å²) >= 11 is 0. The largest absolute Gasteiger partial charge is 0.311 e. The third-order valence-electron chi connectivity index (χ3n) is 16.8. The van der Waals surface area contributed by atoms with Gasteiger partial charge in [0.25, 0.3) is 6.71 Å². The number of para-hydroxylation sites is 2. The van der Waals surface area contributed by atoms with Gasteiger partial charge >= 0.3 is 0 Å². The van der Waals surface area contributed by atoms with E-state index in [1.165, 1.54) is 38.7 Å². The van der Waals surface area contributed by atoms with Crippen LogP contribution >= 0.6 is 0 Å². The molecule has 3 nitrogen and oxygen atoms in total. The third-order valence-corrected chi connectivity index (χ3v) is 16.8. The maximum Gasteiger partial charge on any atom is 0.252 e. The summed E-state index contributed by atoms with van der Waals surface area (Å²) in [6.45, 7) is 21.1. The summed E-state index contributed by atoms with van der Waals surface area (Å²) in [6.07, 6.45) is 3.22. The monoisotopic (exact) mass is 915 g/mol. The fraction of sp³-hybridized carbons (Fsp3) is 0.273. The van der Waals surface area contributed by atoms with Crippen molar-refractivity contribution >= 4 is 74.3 Å². The molecule has 0 saturated carbocycles. The Kier molecular flexibility index (Phi) is 9.16. The average Bonchev–Trinajstić information content (AvgIpc) is 3.54. The zero-order valence-electron chi connectivity index (χ0n) is 45.6. The molecule has 2 heterocycles. The lowest BCUT2D eigenvalue weighted by Gasteiger charge is -2.48. The van der Waals surface area contributed by atoms with Gasteiger partial charge in [-0.1, -0.05) is 146 Å². The Balaban J connectivity index is 1.23. The van der Waals surface area contributed by atoms with E-state index >= 15 is 0 Å². The molecule has 70 heavy (non-hydrogen) atoms. The lowest BCUT2D eigenvalue weighted by atomic mass is 9.33. The molecule has 0 saturated heterocycles. The van der Waals surface area contributed by atoms with Crippen molar-refractivity contribution in [2.24, 2.45) is 0 Å². The highest BCUT2D eigenvalue weighted by atomic mass is 15.2. The Bertz CT molecular complexity index is 3480. The molecule has 0 atom stereocenters. The number of rotatable bonds is 6. The van der Waals surface area contributed by atoms with Crippen LogP contribution < -0.4 is 31.1 Å². The molecule has 0 spiro atoms. The van der Waals surface area contributed by atoms with Gasteiger partial charge in [0.2, 0.25) is 0 Å². The van der Waals surface area contributed by atoms with Crippen molar-refractivity contribution in [2.45, 2.75) is 117 Å². The van der Waals surface area contributed by atoms with Crippen molar-refractivity contribution in [1.29, 1.82) is 0 Å². The van der Waals surface area contributed by atoms with Crippen molar-refractivity contribution in [3.05, 3.63) is 203 Å². The van der Waals surface area contributed by atoms with E-state index in [4.69, 9.17) is 0 Å². The second kappa shape index (κ2) is 15.6. The fourth-order valence-corrected chi connectivity index (χ4v) is 13.3. The summed E-state index contributed by atoms with van der Waals surface area (Å²) in [6, 6.07) is 59.7. The van der Waals surface area contributed by atoms with E-state index in [0.29, 0.717) is 5.56 Å². The minimum atomic E-state index is -2.39. The minimum absolute atomic E-state index is 0.0174. The Hall–Kier alpha value is -6.78. The third kappa shape index (κ3) is 6.84. The molecule has 0 unspecified atom stereocenters. The van der Waals surface area contributed by atoms with Crippen LogP contribution in [0.3, 0.4) is 0 Å². The number of hydrogen-bond donors (Lipinski definition) is 0. The number of aryl methyl sites for hydroxylation is 3. The van der Waals surface area contributed by atoms with Gasteiger partial charge in [-0.15, -0.1) is 0 Å². The summed E-state index contributed by atoms with van der Waals surface area (Å²) in [5.74, 6) is 0. The molecular weight excluding hydrogens is 846 g/mol. The van der Waals surface area contributed by atoms with Crippen LogP contribution in [0.1, 0.15) is 118 Å². The first-order valence-electron chi connectivity index (χ1n) is 27.0. The Labute approximate surface area is 422 Å². The smallest absolute Gasteiger partial charge is 0.252 e. The standard InChI is InChI=1S/C66H66BN3/c1-42-33-60-62-61(34-42)70(58-39-53-50(35-44(58)3)65(8,9)41-66(53,10)11)59-40-52-51(63(4,5)31-32-64(52,6)7)38-55(59)67(62)54-37-49(68(47-23-17-13-18-24-47)48-25-19-14-20-26-48)29-30-56(54)69(60)57-36-46(28-27-43(57)2)45-21-15-12-16-22-45/h12-30,33-40H,31-32,41H2,1-11H3/i1D3. The van der Waals surface area contributed by atoms with E-state index in [1.54, 1.807) is 0 Å². The van der Waals surface area contributed by atoms with E-state index in [9.17, 15) is 4.11 Å². The molecule has 12 rings (SSSR count). The molecule has 2 aliphatic carbocycles. The van der Waals surface area contributed by atoms with Crippen LogP contribution in [0.15, 0.2) is 164 Å². The van der Waals surface area contributed by atoms with Gasteiger partial charge in [0.15, 0.2) is 0 Å². The highest BCUT2D eigenvalue weighted by Gasteiger charge is 2.48. The molecule has 4 aliphatic rings. The number of anilines is 9. The molecule has 8 aromatic rings. The molecular formula is C66H66BN3. The molecule has 0 radical (unpaired) electrons. The average molecular weight is 915 g/mol. The molecule has 8 aromatic carbocycles. The highest BCUT2D eigenvalue weighted by molar-refractivity contribution is 7.00. The lowest BCUT2D eigenvalue weighted by Crippen LogP contribution is -2.62. The van der Waals surface area contributed by atoms with E-state index < -0.39 is 6.85 Å². The number of nitrogens with zero attached hydrogens (tertiary/aromatic N) is 3. The molecule has 0 fully saturated rings. The van der Waals surface area contributed by atoms with E-state index in [-0.39, 0.29) is 28.4 Å². The van der Waals surface area contributed by atoms with Crippen LogP contribution in [-0.4, -0.2) is 6.71 Å². The maximum absolute atomic E-state index is 9.24. The van der Waals surface area contributed by atoms with Crippen LogP contribution in [0, 0.1) is 20.7 Å². The van der Waals surface area contributed by atoms with Gasteiger partial charge in [-0.2, -0.15) is 0 Å². The molecule has 4 heteroatoms. The van der Waals surface area contributed by atoms with Gasteiger partial charge in [0.1, 0.15) is 0 Å². The maximum atomic E-state index is 9.24. The zero-order chi connectivity index (χ0) is 51.1. The molecule has 0 bridgehead atoms. The zero-order valence-corrected chi connectivity index (χ0v) is 42.6. The second-order valence-corrected chi connectivity index (χ2v) is 23.5. The Morgan fingerprint density at radius 1 is 0.429 bits per heavy atom. The van der Waals surface area contributed by atoms with E-state index in [0.717, 1.165) is 92.6 Å². The number of hydrogen-bond acceptors (Lipinski definition) is 3. The highest BCUT2D eigenvalue weighted by Crippen LogP contribution is 2.55. The normalized spacial score (nSPS) is 18.1. The summed E-state index contributed by atoms with van der Waals surface area (Å²) < 4.78 is 27.7. The molecule has 2 aliphatic heterocycles. The quantitative estimate of drug-likeness (QED) is 0.154. The topological polar surface area (TPSA) is 9.72 Å². The van der Waals surface area contributed by atoms with Crippen molar-refractivity contribution in [3.8, 4) is 11.1 Å². The summed E-state index contributed by atoms with van der Waals surface area (Å²) in [5.41, 5.74) is 23.1. The molecule has 348 valence electrons. The van der Waals surface area contributed by atoms with E-state index in [1.807, 2.05) is 12.1 Å². The van der Waals surface area contributed by atoms with Crippen molar-refractivity contribution in [3.63, 3.8) is 0 Å². The van der Waals surface area contributed by atoms with Crippen LogP contribution in [-0.2, 0) is 21.7 Å². The van der Waals surface area contributed by atoms with Gasteiger partial charge in [0, 0.05) is 55.3 Å². The van der Waals surface area contributed by atoms with Gasteiger partial charge < -0.3 is 14.7 Å². The predicted octanol–water partition coefficient (Wildman–Crippen LogP) is 16.1. The van der Waals surface area contributed by atoms with Gasteiger partial charge in [-0.05, 0) is 201 Å². The number of benzene rings is 8. The first-order chi connectivity index (χ1) is 34.6. The van der Waals surface area contributed by atoms with E-state index in [2.05, 4.69) is 236 Å². The first-order valence-corrected chi connectivity index (χ1v) is 25.5. The summed E-state index contributed by atoms with van der Waals surface area (Å²) in [4.78, 5) is 7.26. The van der Waals surface area contributed by atoms with Crippen LogP contribution in [0.5, 0.6) is 0 Å². The summed E-state index contributed by atoms with van der Waals surface area (Å²) in [7, 11) is 0. The van der Waals surface area contributed by atoms with Crippen molar-refractivity contribution in [1.82, 2.24) is 0 Å². The van der Waals surface area contributed by atoms with Gasteiger partial charge in [0.05, 0.1) is 0 Å². The molecule has 0 N–H and O–H groups in total. The SMILES string of the molecule is [2H]C([2H])([2H])c1cc2c3c(c1)N(c1cc4c(cc1C)C(C)(C)CC4(C)C)c1cc4c(cc1B3c1cc(N(c3ccccc3)c3ccccc3)ccc1N2c1cc(-c2ccccc2)ccc1C)C(C)(C)CCC4(C)C. The fourth-order valence-electron chi connectivity index (χ4n) is 13.3.